The minimum Gasteiger partial charge on any atom is -0.341 e. The molecular formula is C29H22BrFN4O3. The third-order valence-electron chi connectivity index (χ3n) is 6.71. The number of amides is 2. The maximum atomic E-state index is 13.7. The zero-order chi connectivity index (χ0) is 26.4. The summed E-state index contributed by atoms with van der Waals surface area (Å²) in [4.78, 5) is 30.5. The SMILES string of the molecule is C[C@@H]1O[C@H](c2cn(-c3ccc(Br)cc3)nc2-c2ccc(F)cc2)N(CCc2ccc3c(c2)=CC(=O)N=3)C1=O. The quantitative estimate of drug-likeness (QED) is 0.351. The highest BCUT2D eigenvalue weighted by Crippen LogP contribution is 2.37. The van der Waals surface area contributed by atoms with Gasteiger partial charge in [-0.05, 0) is 79.6 Å². The number of hydrogen-bond donors (Lipinski definition) is 0. The molecule has 7 nitrogen and oxygen atoms in total. The fraction of sp³-hybridized carbons (Fsp3) is 0.172. The van der Waals surface area contributed by atoms with Gasteiger partial charge in [0.05, 0.1) is 11.0 Å². The normalized spacial score (nSPS) is 18.4. The molecule has 9 heteroatoms. The number of rotatable bonds is 6. The molecule has 6 rings (SSSR count). The van der Waals surface area contributed by atoms with E-state index in [-0.39, 0.29) is 17.6 Å². The molecule has 190 valence electrons. The van der Waals surface area contributed by atoms with Crippen LogP contribution in [0.1, 0.15) is 24.3 Å². The lowest BCUT2D eigenvalue weighted by Crippen LogP contribution is -2.32. The van der Waals surface area contributed by atoms with Crippen molar-refractivity contribution in [3.05, 3.63) is 105 Å². The summed E-state index contributed by atoms with van der Waals surface area (Å²) in [7, 11) is 0. The van der Waals surface area contributed by atoms with Gasteiger partial charge in [0.1, 0.15) is 17.6 Å². The van der Waals surface area contributed by atoms with Crippen LogP contribution in [0.15, 0.2) is 82.4 Å². The van der Waals surface area contributed by atoms with Crippen molar-refractivity contribution in [3.8, 4) is 16.9 Å². The number of fused-ring (bicyclic) bond motifs is 1. The van der Waals surface area contributed by atoms with Crippen molar-refractivity contribution in [1.82, 2.24) is 14.7 Å². The van der Waals surface area contributed by atoms with Crippen LogP contribution in [-0.2, 0) is 20.7 Å². The van der Waals surface area contributed by atoms with E-state index in [1.807, 2.05) is 48.7 Å². The Morgan fingerprint density at radius 2 is 1.79 bits per heavy atom. The van der Waals surface area contributed by atoms with Crippen molar-refractivity contribution in [2.75, 3.05) is 6.54 Å². The van der Waals surface area contributed by atoms with E-state index in [9.17, 15) is 14.0 Å². The van der Waals surface area contributed by atoms with E-state index in [1.54, 1.807) is 28.6 Å². The summed E-state index contributed by atoms with van der Waals surface area (Å²) >= 11 is 3.46. The average molecular weight is 573 g/mol. The molecule has 3 aromatic carbocycles. The first-order valence-corrected chi connectivity index (χ1v) is 13.0. The molecule has 1 saturated heterocycles. The summed E-state index contributed by atoms with van der Waals surface area (Å²) in [6.07, 6.45) is 2.66. The van der Waals surface area contributed by atoms with Crippen molar-refractivity contribution in [2.45, 2.75) is 25.7 Å². The van der Waals surface area contributed by atoms with Crippen LogP contribution in [0.25, 0.3) is 23.0 Å². The molecule has 2 aliphatic heterocycles. The Hall–Kier alpha value is -3.95. The molecule has 0 aliphatic carbocycles. The highest BCUT2D eigenvalue weighted by atomic mass is 79.9. The van der Waals surface area contributed by atoms with Crippen molar-refractivity contribution < 1.29 is 18.7 Å². The summed E-state index contributed by atoms with van der Waals surface area (Å²) in [5, 5.41) is 6.27. The Bertz CT molecular complexity index is 1680. The smallest absolute Gasteiger partial charge is 0.270 e. The molecule has 2 aliphatic rings. The summed E-state index contributed by atoms with van der Waals surface area (Å²) in [6, 6.07) is 19.5. The van der Waals surface area contributed by atoms with E-state index in [4.69, 9.17) is 9.84 Å². The van der Waals surface area contributed by atoms with Crippen LogP contribution in [0.2, 0.25) is 0 Å². The van der Waals surface area contributed by atoms with Gasteiger partial charge in [0, 0.05) is 39.6 Å². The number of carbonyl (C=O) groups is 2. The van der Waals surface area contributed by atoms with Gasteiger partial charge >= 0.3 is 0 Å². The Labute approximate surface area is 226 Å². The Balaban J connectivity index is 1.36. The number of carbonyl (C=O) groups excluding carboxylic acids is 2. The molecule has 2 amide bonds. The minimum atomic E-state index is -0.667. The van der Waals surface area contributed by atoms with Gasteiger partial charge in [-0.2, -0.15) is 5.10 Å². The van der Waals surface area contributed by atoms with E-state index in [0.29, 0.717) is 29.6 Å². The van der Waals surface area contributed by atoms with Crippen molar-refractivity contribution in [3.63, 3.8) is 0 Å². The van der Waals surface area contributed by atoms with Gasteiger partial charge < -0.3 is 9.64 Å². The molecule has 38 heavy (non-hydrogen) atoms. The molecule has 0 bridgehead atoms. The second kappa shape index (κ2) is 9.74. The molecule has 3 heterocycles. The van der Waals surface area contributed by atoms with E-state index in [0.717, 1.165) is 26.5 Å². The number of nitrogens with zero attached hydrogens (tertiary/aromatic N) is 4. The molecule has 1 aromatic heterocycles. The fourth-order valence-corrected chi connectivity index (χ4v) is 5.04. The molecule has 0 saturated carbocycles. The highest BCUT2D eigenvalue weighted by molar-refractivity contribution is 9.10. The van der Waals surface area contributed by atoms with Gasteiger partial charge in [0.2, 0.25) is 0 Å². The van der Waals surface area contributed by atoms with Gasteiger partial charge in [-0.1, -0.05) is 22.0 Å². The summed E-state index contributed by atoms with van der Waals surface area (Å²) < 4.78 is 22.6. The summed E-state index contributed by atoms with van der Waals surface area (Å²) in [5.74, 6) is -0.717. The number of aromatic nitrogens is 2. The molecule has 1 fully saturated rings. The Morgan fingerprint density at radius 1 is 1.03 bits per heavy atom. The molecule has 4 aromatic rings. The van der Waals surface area contributed by atoms with Crippen LogP contribution >= 0.6 is 15.9 Å². The third-order valence-corrected chi connectivity index (χ3v) is 7.24. The van der Waals surface area contributed by atoms with E-state index in [1.165, 1.54) is 18.2 Å². The first-order chi connectivity index (χ1) is 18.4. The first-order valence-electron chi connectivity index (χ1n) is 12.2. The molecule has 2 atom stereocenters. The number of hydrogen-bond acceptors (Lipinski definition) is 4. The number of halogens is 2. The van der Waals surface area contributed by atoms with Crippen LogP contribution < -0.4 is 10.6 Å². The topological polar surface area (TPSA) is 76.8 Å². The minimum absolute atomic E-state index is 0.116. The van der Waals surface area contributed by atoms with Gasteiger partial charge in [-0.15, -0.1) is 0 Å². The predicted octanol–water partition coefficient (Wildman–Crippen LogP) is 3.87. The first kappa shape index (κ1) is 24.4. The molecule has 0 N–H and O–H groups in total. The number of ether oxygens (including phenoxy) is 1. The van der Waals surface area contributed by atoms with Crippen molar-refractivity contribution in [2.24, 2.45) is 4.99 Å². The van der Waals surface area contributed by atoms with Crippen LogP contribution in [0.3, 0.4) is 0 Å². The van der Waals surface area contributed by atoms with Gasteiger partial charge in [0.15, 0.2) is 6.23 Å². The molecule has 0 spiro atoms. The van der Waals surface area contributed by atoms with E-state index in [2.05, 4.69) is 20.9 Å². The number of benzene rings is 3. The second-order valence-corrected chi connectivity index (χ2v) is 10.2. The van der Waals surface area contributed by atoms with Gasteiger partial charge in [0.25, 0.3) is 11.8 Å². The Kier molecular flexibility index (Phi) is 6.25. The fourth-order valence-electron chi connectivity index (χ4n) is 4.78. The average Bonchev–Trinajstić information content (AvgIpc) is 3.58. The van der Waals surface area contributed by atoms with Crippen LogP contribution in [-0.4, -0.2) is 39.1 Å². The third kappa shape index (κ3) is 4.59. The van der Waals surface area contributed by atoms with Gasteiger partial charge in [-0.25, -0.2) is 14.1 Å². The predicted molar refractivity (Wildman–Crippen MR) is 142 cm³/mol. The van der Waals surface area contributed by atoms with E-state index >= 15 is 0 Å². The lowest BCUT2D eigenvalue weighted by Gasteiger charge is -2.23. The second-order valence-electron chi connectivity index (χ2n) is 9.26. The lowest BCUT2D eigenvalue weighted by molar-refractivity contribution is -0.130. The van der Waals surface area contributed by atoms with E-state index < -0.39 is 12.3 Å². The van der Waals surface area contributed by atoms with Gasteiger partial charge in [-0.3, -0.25) is 9.59 Å². The summed E-state index contributed by atoms with van der Waals surface area (Å²) in [6.45, 7) is 2.15. The standard InChI is InChI=1S/C29H22BrFN4O3/c1-17-28(37)34(13-12-18-2-11-25-20(14-18)15-26(36)32-25)29(38-17)24-16-35(23-9-5-21(30)6-10-23)33-27(24)19-3-7-22(31)8-4-19/h2-11,14-17,29H,12-13H2,1H3/t17-,29+/m0/s1. The molecular weight excluding hydrogens is 551 g/mol. The lowest BCUT2D eigenvalue weighted by atomic mass is 10.1. The molecule has 0 unspecified atom stereocenters. The molecule has 0 radical (unpaired) electrons. The highest BCUT2D eigenvalue weighted by Gasteiger charge is 2.40. The zero-order valence-corrected chi connectivity index (χ0v) is 21.9. The largest absolute Gasteiger partial charge is 0.341 e. The maximum absolute atomic E-state index is 13.7. The monoisotopic (exact) mass is 572 g/mol. The Morgan fingerprint density at radius 3 is 2.55 bits per heavy atom. The van der Waals surface area contributed by atoms with Crippen molar-refractivity contribution >= 4 is 33.8 Å². The van der Waals surface area contributed by atoms with Crippen molar-refractivity contribution in [1.29, 1.82) is 0 Å². The van der Waals surface area contributed by atoms with Crippen LogP contribution in [0, 0.1) is 5.82 Å². The summed E-state index contributed by atoms with van der Waals surface area (Å²) in [5.41, 5.74) is 3.86. The maximum Gasteiger partial charge on any atom is 0.270 e. The zero-order valence-electron chi connectivity index (χ0n) is 20.3. The van der Waals surface area contributed by atoms with Crippen LogP contribution in [0.5, 0.6) is 0 Å². The van der Waals surface area contributed by atoms with Crippen LogP contribution in [0.4, 0.5) is 4.39 Å².